The minimum atomic E-state index is -0.331. The second kappa shape index (κ2) is 8.92. The molecule has 0 radical (unpaired) electrons. The smallest absolute Gasteiger partial charge is 0.253 e. The van der Waals surface area contributed by atoms with Crippen LogP contribution in [-0.2, 0) is 4.79 Å². The highest BCUT2D eigenvalue weighted by Crippen LogP contribution is 2.25. The fourth-order valence-corrected chi connectivity index (χ4v) is 4.73. The highest BCUT2D eigenvalue weighted by atomic mass is 19.1. The van der Waals surface area contributed by atoms with E-state index in [2.05, 4.69) is 25.5 Å². The molecule has 0 saturated carbocycles. The van der Waals surface area contributed by atoms with Gasteiger partial charge in [-0.1, -0.05) is 12.1 Å². The van der Waals surface area contributed by atoms with Crippen LogP contribution in [0.2, 0.25) is 0 Å². The van der Waals surface area contributed by atoms with Gasteiger partial charge in [0.1, 0.15) is 11.6 Å². The molecule has 1 atom stereocenters. The van der Waals surface area contributed by atoms with Gasteiger partial charge < -0.3 is 15.2 Å². The number of rotatable bonds is 4. The summed E-state index contributed by atoms with van der Waals surface area (Å²) in [5.74, 6) is -0.291. The molecule has 6 rings (SSSR count). The molecule has 5 aromatic rings. The number of benzene rings is 3. The summed E-state index contributed by atoms with van der Waals surface area (Å²) in [7, 11) is 0. The van der Waals surface area contributed by atoms with Gasteiger partial charge in [0.25, 0.3) is 5.91 Å². The zero-order valence-electron chi connectivity index (χ0n) is 19.3. The molecule has 1 saturated heterocycles. The molecular formula is C27H23FN6O2. The number of aromatic amines is 2. The average molecular weight is 483 g/mol. The molecular weight excluding hydrogens is 459 g/mol. The van der Waals surface area contributed by atoms with Gasteiger partial charge in [0.15, 0.2) is 0 Å². The van der Waals surface area contributed by atoms with Crippen molar-refractivity contribution < 1.29 is 14.0 Å². The largest absolute Gasteiger partial charge is 0.338 e. The Hall–Kier alpha value is -4.53. The van der Waals surface area contributed by atoms with Crippen molar-refractivity contribution in [1.29, 1.82) is 0 Å². The molecule has 0 bridgehead atoms. The molecule has 0 unspecified atom stereocenters. The van der Waals surface area contributed by atoms with Crippen LogP contribution in [0.15, 0.2) is 66.9 Å². The first-order chi connectivity index (χ1) is 17.5. The summed E-state index contributed by atoms with van der Waals surface area (Å²) in [5, 5.41) is 10.7. The molecule has 2 amide bonds. The van der Waals surface area contributed by atoms with E-state index in [1.165, 1.54) is 12.1 Å². The predicted octanol–water partition coefficient (Wildman–Crippen LogP) is 4.74. The van der Waals surface area contributed by atoms with E-state index in [0.717, 1.165) is 22.8 Å². The number of nitrogens with one attached hydrogen (secondary N) is 3. The van der Waals surface area contributed by atoms with E-state index in [9.17, 15) is 14.0 Å². The molecule has 9 heteroatoms. The summed E-state index contributed by atoms with van der Waals surface area (Å²) in [5.41, 5.74) is 4.19. The lowest BCUT2D eigenvalue weighted by Crippen LogP contribution is -2.43. The fourth-order valence-electron chi connectivity index (χ4n) is 4.73. The Morgan fingerprint density at radius 2 is 1.94 bits per heavy atom. The van der Waals surface area contributed by atoms with Crippen molar-refractivity contribution in [3.05, 3.63) is 78.2 Å². The Bertz CT molecular complexity index is 1610. The quantitative estimate of drug-likeness (QED) is 0.344. The average Bonchev–Trinajstić information content (AvgIpc) is 3.54. The first-order valence-electron chi connectivity index (χ1n) is 11.8. The maximum absolute atomic E-state index is 13.6. The molecule has 8 nitrogen and oxygen atoms in total. The predicted molar refractivity (Wildman–Crippen MR) is 135 cm³/mol. The van der Waals surface area contributed by atoms with Crippen LogP contribution in [0.4, 0.5) is 10.1 Å². The second-order valence-electron chi connectivity index (χ2n) is 9.08. The lowest BCUT2D eigenvalue weighted by Gasteiger charge is -2.32. The number of halogens is 1. The van der Waals surface area contributed by atoms with Crippen molar-refractivity contribution >= 4 is 39.4 Å². The minimum Gasteiger partial charge on any atom is -0.338 e. The van der Waals surface area contributed by atoms with Gasteiger partial charge in [0, 0.05) is 35.3 Å². The van der Waals surface area contributed by atoms with Crippen LogP contribution < -0.4 is 5.32 Å². The summed E-state index contributed by atoms with van der Waals surface area (Å²) in [6.07, 6.45) is 3.16. The normalized spacial score (nSPS) is 15.9. The maximum Gasteiger partial charge on any atom is 0.253 e. The van der Waals surface area contributed by atoms with Gasteiger partial charge in [-0.15, -0.1) is 0 Å². The van der Waals surface area contributed by atoms with Crippen LogP contribution in [0.25, 0.3) is 33.3 Å². The maximum atomic E-state index is 13.6. The molecule has 2 aromatic heterocycles. The van der Waals surface area contributed by atoms with Gasteiger partial charge in [-0.3, -0.25) is 14.7 Å². The summed E-state index contributed by atoms with van der Waals surface area (Å²) in [6.45, 7) is 0.983. The zero-order valence-corrected chi connectivity index (χ0v) is 19.3. The van der Waals surface area contributed by atoms with Crippen molar-refractivity contribution in [2.24, 2.45) is 5.92 Å². The number of H-pyrrole nitrogens is 2. The third kappa shape index (κ3) is 4.19. The number of likely N-dealkylation sites (tertiary alicyclic amines) is 1. The van der Waals surface area contributed by atoms with Crippen molar-refractivity contribution in [3.63, 3.8) is 0 Å². The van der Waals surface area contributed by atoms with Crippen molar-refractivity contribution in [2.45, 2.75) is 12.8 Å². The van der Waals surface area contributed by atoms with Gasteiger partial charge in [0.05, 0.1) is 28.7 Å². The van der Waals surface area contributed by atoms with Gasteiger partial charge >= 0.3 is 0 Å². The highest BCUT2D eigenvalue weighted by molar-refractivity contribution is 5.99. The Kier molecular flexibility index (Phi) is 5.44. The lowest BCUT2D eigenvalue weighted by atomic mass is 9.96. The Labute approximate surface area is 205 Å². The highest BCUT2D eigenvalue weighted by Gasteiger charge is 2.29. The van der Waals surface area contributed by atoms with Crippen LogP contribution in [0, 0.1) is 11.7 Å². The van der Waals surface area contributed by atoms with E-state index < -0.39 is 0 Å². The lowest BCUT2D eigenvalue weighted by molar-refractivity contribution is -0.121. The van der Waals surface area contributed by atoms with E-state index in [-0.39, 0.29) is 23.5 Å². The molecule has 36 heavy (non-hydrogen) atoms. The number of carbonyl (C=O) groups is 2. The van der Waals surface area contributed by atoms with Gasteiger partial charge in [0.2, 0.25) is 5.91 Å². The monoisotopic (exact) mass is 482 g/mol. The Morgan fingerprint density at radius 3 is 2.83 bits per heavy atom. The molecule has 3 aromatic carbocycles. The molecule has 3 N–H and O–H groups in total. The number of aromatic nitrogens is 4. The van der Waals surface area contributed by atoms with E-state index >= 15 is 0 Å². The van der Waals surface area contributed by atoms with Crippen LogP contribution in [0.1, 0.15) is 23.2 Å². The van der Waals surface area contributed by atoms with E-state index in [4.69, 9.17) is 0 Å². The fraction of sp³-hybridized carbons (Fsp3) is 0.185. The van der Waals surface area contributed by atoms with Crippen molar-refractivity contribution in [1.82, 2.24) is 25.1 Å². The van der Waals surface area contributed by atoms with Crippen LogP contribution in [-0.4, -0.2) is 50.0 Å². The van der Waals surface area contributed by atoms with E-state index in [1.54, 1.807) is 41.4 Å². The minimum absolute atomic E-state index is 0.0848. The number of fused-ring (bicyclic) bond motifs is 2. The summed E-state index contributed by atoms with van der Waals surface area (Å²) >= 11 is 0. The number of anilines is 1. The van der Waals surface area contributed by atoms with Crippen LogP contribution in [0.5, 0.6) is 0 Å². The molecule has 0 spiro atoms. The molecule has 1 aliphatic rings. The molecule has 0 aliphatic carbocycles. The molecule has 1 aliphatic heterocycles. The summed E-state index contributed by atoms with van der Waals surface area (Å²) < 4.78 is 13.6. The third-order valence-electron chi connectivity index (χ3n) is 6.62. The SMILES string of the molecule is O=C(Nc1ccc2[nH]c(-c3cccc(F)c3)nc2c1)[C@@H]1CCCN(C(=O)c2ccc3[nH]ncc3c2)C1. The van der Waals surface area contributed by atoms with Crippen LogP contribution in [0.3, 0.4) is 0 Å². The Morgan fingerprint density at radius 1 is 1.06 bits per heavy atom. The first-order valence-corrected chi connectivity index (χ1v) is 11.8. The van der Waals surface area contributed by atoms with E-state index in [1.807, 2.05) is 18.2 Å². The molecule has 3 heterocycles. The van der Waals surface area contributed by atoms with Gasteiger partial charge in [-0.25, -0.2) is 9.37 Å². The molecule has 1 fully saturated rings. The number of amides is 2. The number of imidazole rings is 1. The third-order valence-corrected chi connectivity index (χ3v) is 6.62. The number of nitrogens with zero attached hydrogens (tertiary/aromatic N) is 3. The van der Waals surface area contributed by atoms with Crippen LogP contribution >= 0.6 is 0 Å². The summed E-state index contributed by atoms with van der Waals surface area (Å²) in [4.78, 5) is 35.7. The van der Waals surface area contributed by atoms with E-state index in [0.29, 0.717) is 47.7 Å². The second-order valence-corrected chi connectivity index (χ2v) is 9.08. The Balaban J connectivity index is 1.15. The number of piperidine rings is 1. The molecule has 180 valence electrons. The summed E-state index contributed by atoms with van der Waals surface area (Å²) in [6, 6.07) is 17.1. The van der Waals surface area contributed by atoms with Crippen molar-refractivity contribution in [3.8, 4) is 11.4 Å². The number of carbonyl (C=O) groups excluding carboxylic acids is 2. The van der Waals surface area contributed by atoms with Gasteiger partial charge in [-0.2, -0.15) is 5.10 Å². The van der Waals surface area contributed by atoms with Gasteiger partial charge in [-0.05, 0) is 61.4 Å². The zero-order chi connectivity index (χ0) is 24.6. The van der Waals surface area contributed by atoms with Crippen molar-refractivity contribution in [2.75, 3.05) is 18.4 Å². The number of hydrogen-bond donors (Lipinski definition) is 3. The number of hydrogen-bond acceptors (Lipinski definition) is 4. The topological polar surface area (TPSA) is 107 Å². The standard InChI is InChI=1S/C27H23FN6O2/c28-20-5-1-3-16(12-20)25-31-23-9-7-21(13-24(23)32-25)30-26(35)18-4-2-10-34(15-18)27(36)17-6-8-22-19(11-17)14-29-33-22/h1,3,5-9,11-14,18H,2,4,10,15H2,(H,29,33)(H,30,35)(H,31,32)/t18-/m1/s1. The first kappa shape index (κ1) is 22.0.